The second-order valence-electron chi connectivity index (χ2n) is 5.93. The van der Waals surface area contributed by atoms with Crippen molar-refractivity contribution in [2.24, 2.45) is 5.92 Å². The Balaban J connectivity index is 1.63. The van der Waals surface area contributed by atoms with Crippen molar-refractivity contribution in [3.05, 3.63) is 0 Å². The molecule has 0 aromatic heterocycles. The lowest BCUT2D eigenvalue weighted by Gasteiger charge is -2.25. The molecule has 106 valence electrons. The zero-order chi connectivity index (χ0) is 12.6. The van der Waals surface area contributed by atoms with Gasteiger partial charge in [-0.3, -0.25) is 0 Å². The topological polar surface area (TPSA) is 15.3 Å². The van der Waals surface area contributed by atoms with Crippen molar-refractivity contribution in [2.75, 3.05) is 37.7 Å². The number of likely N-dealkylation sites (tertiary alicyclic amines) is 1. The molecule has 2 nitrogen and oxygen atoms in total. The lowest BCUT2D eigenvalue weighted by Crippen LogP contribution is -2.35. The molecule has 0 spiro atoms. The highest BCUT2D eigenvalue weighted by atomic mass is 32.2. The molecule has 2 saturated heterocycles. The van der Waals surface area contributed by atoms with Crippen molar-refractivity contribution in [1.82, 2.24) is 10.2 Å². The molecule has 0 aromatic rings. The van der Waals surface area contributed by atoms with Gasteiger partial charge in [0, 0.05) is 6.04 Å². The molecule has 3 heteroatoms. The number of thioether (sulfide) groups is 1. The van der Waals surface area contributed by atoms with Gasteiger partial charge in [0.15, 0.2) is 0 Å². The largest absolute Gasteiger partial charge is 0.314 e. The first-order valence-electron chi connectivity index (χ1n) is 7.92. The Bertz CT molecular complexity index is 217. The monoisotopic (exact) mass is 270 g/mol. The van der Waals surface area contributed by atoms with Gasteiger partial charge >= 0.3 is 0 Å². The van der Waals surface area contributed by atoms with Gasteiger partial charge in [0.25, 0.3) is 0 Å². The number of hydrogen-bond donors (Lipinski definition) is 1. The van der Waals surface area contributed by atoms with E-state index in [9.17, 15) is 0 Å². The third-order valence-corrected chi connectivity index (χ3v) is 5.45. The molecule has 1 unspecified atom stereocenters. The first kappa shape index (κ1) is 14.7. The fourth-order valence-electron chi connectivity index (χ4n) is 3.18. The van der Waals surface area contributed by atoms with Crippen LogP contribution in [-0.2, 0) is 0 Å². The van der Waals surface area contributed by atoms with Crippen LogP contribution in [0.5, 0.6) is 0 Å². The summed E-state index contributed by atoms with van der Waals surface area (Å²) in [6, 6.07) is 0.793. The van der Waals surface area contributed by atoms with Crippen LogP contribution in [0.4, 0.5) is 0 Å². The Morgan fingerprint density at radius 2 is 1.94 bits per heavy atom. The molecule has 1 atom stereocenters. The van der Waals surface area contributed by atoms with E-state index >= 15 is 0 Å². The molecule has 0 aromatic carbocycles. The maximum Gasteiger partial charge on any atom is 0.00798 e. The van der Waals surface area contributed by atoms with Crippen molar-refractivity contribution in [3.8, 4) is 0 Å². The maximum absolute atomic E-state index is 3.86. The summed E-state index contributed by atoms with van der Waals surface area (Å²) in [6.07, 6.45) is 8.32. The highest BCUT2D eigenvalue weighted by Gasteiger charge is 2.18. The molecule has 1 N–H and O–H groups in total. The minimum Gasteiger partial charge on any atom is -0.314 e. The van der Waals surface area contributed by atoms with Gasteiger partial charge in [-0.15, -0.1) is 0 Å². The van der Waals surface area contributed by atoms with E-state index in [4.69, 9.17) is 0 Å². The van der Waals surface area contributed by atoms with E-state index in [1.165, 1.54) is 76.2 Å². The van der Waals surface area contributed by atoms with Crippen molar-refractivity contribution in [1.29, 1.82) is 0 Å². The van der Waals surface area contributed by atoms with Crippen LogP contribution in [0.3, 0.4) is 0 Å². The average molecular weight is 270 g/mol. The van der Waals surface area contributed by atoms with Crippen LogP contribution in [0.2, 0.25) is 0 Å². The van der Waals surface area contributed by atoms with Gasteiger partial charge in [0.2, 0.25) is 0 Å². The summed E-state index contributed by atoms with van der Waals surface area (Å²) >= 11 is 2.13. The molecule has 0 bridgehead atoms. The van der Waals surface area contributed by atoms with Crippen LogP contribution in [0, 0.1) is 5.92 Å². The van der Waals surface area contributed by atoms with Crippen LogP contribution in [0.25, 0.3) is 0 Å². The molecule has 2 heterocycles. The normalized spacial score (nSPS) is 28.2. The molecule has 2 aliphatic heterocycles. The molecular weight excluding hydrogens is 240 g/mol. The highest BCUT2D eigenvalue weighted by molar-refractivity contribution is 7.99. The molecule has 18 heavy (non-hydrogen) atoms. The zero-order valence-corrected chi connectivity index (χ0v) is 12.8. The van der Waals surface area contributed by atoms with E-state index in [2.05, 4.69) is 28.9 Å². The van der Waals surface area contributed by atoms with Crippen molar-refractivity contribution >= 4 is 11.8 Å². The number of rotatable bonds is 5. The predicted molar refractivity (Wildman–Crippen MR) is 82.4 cm³/mol. The van der Waals surface area contributed by atoms with Crippen LogP contribution in [0.15, 0.2) is 0 Å². The fraction of sp³-hybridized carbons (Fsp3) is 1.00. The fourth-order valence-corrected chi connectivity index (χ4v) is 4.39. The van der Waals surface area contributed by atoms with E-state index in [0.29, 0.717) is 0 Å². The first-order valence-corrected chi connectivity index (χ1v) is 9.07. The Morgan fingerprint density at radius 3 is 2.72 bits per heavy atom. The lowest BCUT2D eigenvalue weighted by molar-refractivity contribution is 0.281. The Labute approximate surface area is 117 Å². The quantitative estimate of drug-likeness (QED) is 0.827. The number of nitrogens with zero attached hydrogens (tertiary/aromatic N) is 1. The molecule has 0 amide bonds. The summed E-state index contributed by atoms with van der Waals surface area (Å²) in [6.45, 7) is 7.51. The highest BCUT2D eigenvalue weighted by Crippen LogP contribution is 2.22. The molecule has 2 rings (SSSR count). The van der Waals surface area contributed by atoms with Gasteiger partial charge < -0.3 is 10.2 Å². The SMILES string of the molecule is CCCN1CCCC(NCC2CCSCC2)CC1. The molecular formula is C15H30N2S. The van der Waals surface area contributed by atoms with Crippen molar-refractivity contribution < 1.29 is 0 Å². The molecule has 0 saturated carbocycles. The Morgan fingerprint density at radius 1 is 1.11 bits per heavy atom. The van der Waals surface area contributed by atoms with E-state index in [1.54, 1.807) is 0 Å². The lowest BCUT2D eigenvalue weighted by atomic mass is 10.0. The van der Waals surface area contributed by atoms with Crippen molar-refractivity contribution in [3.63, 3.8) is 0 Å². The predicted octanol–water partition coefficient (Wildman–Crippen LogP) is 2.98. The standard InChI is InChI=1S/C15H30N2S/c1-2-8-17-9-3-4-15(5-10-17)16-13-14-6-11-18-12-7-14/h14-16H,2-13H2,1H3. The number of nitrogens with one attached hydrogen (secondary N) is 1. The summed E-state index contributed by atoms with van der Waals surface area (Å²) in [5.41, 5.74) is 0. The Kier molecular flexibility index (Phi) is 6.88. The van der Waals surface area contributed by atoms with Crippen LogP contribution < -0.4 is 5.32 Å². The number of hydrogen-bond acceptors (Lipinski definition) is 3. The summed E-state index contributed by atoms with van der Waals surface area (Å²) in [5, 5.41) is 3.86. The summed E-state index contributed by atoms with van der Waals surface area (Å²) < 4.78 is 0. The Hall–Kier alpha value is 0.270. The van der Waals surface area contributed by atoms with Gasteiger partial charge in [-0.1, -0.05) is 6.92 Å². The first-order chi connectivity index (χ1) is 8.88. The molecule has 0 radical (unpaired) electrons. The average Bonchev–Trinajstić information content (AvgIpc) is 2.64. The summed E-state index contributed by atoms with van der Waals surface area (Å²) in [7, 11) is 0. The minimum atomic E-state index is 0.793. The zero-order valence-electron chi connectivity index (χ0n) is 12.0. The minimum absolute atomic E-state index is 0.793. The van der Waals surface area contributed by atoms with Crippen molar-refractivity contribution in [2.45, 2.75) is 51.5 Å². The van der Waals surface area contributed by atoms with E-state index < -0.39 is 0 Å². The van der Waals surface area contributed by atoms with E-state index in [0.717, 1.165) is 12.0 Å². The molecule has 2 aliphatic rings. The van der Waals surface area contributed by atoms with Gasteiger partial charge in [-0.25, -0.2) is 0 Å². The smallest absolute Gasteiger partial charge is 0.00798 e. The van der Waals surface area contributed by atoms with Crippen LogP contribution in [-0.4, -0.2) is 48.6 Å². The second-order valence-corrected chi connectivity index (χ2v) is 7.16. The van der Waals surface area contributed by atoms with Gasteiger partial charge in [0.05, 0.1) is 0 Å². The van der Waals surface area contributed by atoms with Crippen LogP contribution >= 0.6 is 11.8 Å². The summed E-state index contributed by atoms with van der Waals surface area (Å²) in [5.74, 6) is 3.74. The van der Waals surface area contributed by atoms with Gasteiger partial charge in [-0.05, 0) is 82.1 Å². The van der Waals surface area contributed by atoms with Gasteiger partial charge in [0.1, 0.15) is 0 Å². The third kappa shape index (κ3) is 5.10. The second kappa shape index (κ2) is 8.44. The van der Waals surface area contributed by atoms with Crippen LogP contribution in [0.1, 0.15) is 45.4 Å². The maximum atomic E-state index is 3.86. The van der Waals surface area contributed by atoms with E-state index in [-0.39, 0.29) is 0 Å². The third-order valence-electron chi connectivity index (χ3n) is 4.40. The molecule has 0 aliphatic carbocycles. The molecule has 2 fully saturated rings. The van der Waals surface area contributed by atoms with E-state index in [1.807, 2.05) is 0 Å². The summed E-state index contributed by atoms with van der Waals surface area (Å²) in [4.78, 5) is 2.65. The van der Waals surface area contributed by atoms with Gasteiger partial charge in [-0.2, -0.15) is 11.8 Å².